The van der Waals surface area contributed by atoms with Gasteiger partial charge in [0.25, 0.3) is 0 Å². The maximum atomic E-state index is 2.45. The summed E-state index contributed by atoms with van der Waals surface area (Å²) < 4.78 is 4.83. The molecule has 0 radical (unpaired) electrons. The minimum absolute atomic E-state index is 1.16. The molecule has 2 heteroatoms. The Hall–Kier alpha value is -5.86. The van der Waals surface area contributed by atoms with Crippen LogP contribution in [-0.2, 0) is 0 Å². The molecule has 0 aliphatic carbocycles. The highest BCUT2D eigenvalue weighted by Gasteiger charge is 2.18. The average Bonchev–Trinajstić information content (AvgIpc) is 3.61. The first kappa shape index (κ1) is 23.7. The lowest BCUT2D eigenvalue weighted by Crippen LogP contribution is -1.97. The van der Waals surface area contributed by atoms with Gasteiger partial charge in [-0.25, -0.2) is 0 Å². The number of aromatic nitrogens is 2. The molecular weight excluding hydrogens is 532 g/mol. The Bertz CT molecular complexity index is 2700. The van der Waals surface area contributed by atoms with Crippen LogP contribution in [0.3, 0.4) is 0 Å². The van der Waals surface area contributed by atoms with E-state index in [-0.39, 0.29) is 0 Å². The molecule has 0 saturated carbocycles. The minimum Gasteiger partial charge on any atom is -0.309 e. The van der Waals surface area contributed by atoms with Gasteiger partial charge in [-0.3, -0.25) is 0 Å². The van der Waals surface area contributed by atoms with Crippen molar-refractivity contribution in [2.75, 3.05) is 0 Å². The lowest BCUT2D eigenvalue weighted by Gasteiger charge is -2.12. The van der Waals surface area contributed by atoms with Crippen LogP contribution < -0.4 is 0 Å². The minimum atomic E-state index is 1.16. The standard InChI is InChI=1S/C42H26N2/c1-2-11-29-26-36-30(25-28(29)10-1)18-24-40-42(36)41-33-12-4-3-9-27(33)17-23-39(41)44(40)32-21-19-31(20-22-32)43-37-15-7-5-13-34(37)35-14-6-8-16-38(35)43/h1-26H. The van der Waals surface area contributed by atoms with Gasteiger partial charge in [0.2, 0.25) is 0 Å². The number of hydrogen-bond acceptors (Lipinski definition) is 0. The van der Waals surface area contributed by atoms with Crippen molar-refractivity contribution in [2.24, 2.45) is 0 Å². The van der Waals surface area contributed by atoms with E-state index in [0.717, 1.165) is 11.4 Å². The van der Waals surface area contributed by atoms with Gasteiger partial charge in [-0.15, -0.1) is 0 Å². The van der Waals surface area contributed by atoms with Gasteiger partial charge in [-0.2, -0.15) is 0 Å². The molecule has 0 spiro atoms. The second kappa shape index (κ2) is 8.82. The van der Waals surface area contributed by atoms with E-state index in [1.54, 1.807) is 0 Å². The summed E-state index contributed by atoms with van der Waals surface area (Å²) in [5, 5.41) is 12.8. The smallest absolute Gasteiger partial charge is 0.0547 e. The number of para-hydroxylation sites is 2. The first-order valence-electron chi connectivity index (χ1n) is 15.2. The highest BCUT2D eigenvalue weighted by atomic mass is 15.0. The summed E-state index contributed by atoms with van der Waals surface area (Å²) in [6, 6.07) is 57.8. The van der Waals surface area contributed by atoms with Crippen LogP contribution in [0.1, 0.15) is 0 Å². The van der Waals surface area contributed by atoms with Crippen molar-refractivity contribution in [2.45, 2.75) is 0 Å². The van der Waals surface area contributed by atoms with Crippen molar-refractivity contribution in [1.29, 1.82) is 0 Å². The molecule has 44 heavy (non-hydrogen) atoms. The van der Waals surface area contributed by atoms with Gasteiger partial charge < -0.3 is 9.13 Å². The zero-order chi connectivity index (χ0) is 28.8. The van der Waals surface area contributed by atoms with E-state index in [0.29, 0.717) is 0 Å². The molecule has 2 aromatic heterocycles. The quantitative estimate of drug-likeness (QED) is 0.187. The molecule has 0 amide bonds. The van der Waals surface area contributed by atoms with Crippen molar-refractivity contribution in [3.63, 3.8) is 0 Å². The summed E-state index contributed by atoms with van der Waals surface area (Å²) in [4.78, 5) is 0. The van der Waals surface area contributed by atoms with Gasteiger partial charge in [-0.05, 0) is 93.0 Å². The van der Waals surface area contributed by atoms with E-state index in [1.165, 1.54) is 75.9 Å². The Labute approximate surface area is 253 Å². The largest absolute Gasteiger partial charge is 0.309 e. The van der Waals surface area contributed by atoms with Crippen LogP contribution in [0.2, 0.25) is 0 Å². The Morgan fingerprint density at radius 3 is 1.36 bits per heavy atom. The van der Waals surface area contributed by atoms with Gasteiger partial charge in [0.1, 0.15) is 0 Å². The molecule has 0 aliphatic rings. The van der Waals surface area contributed by atoms with Crippen molar-refractivity contribution in [3.05, 3.63) is 158 Å². The summed E-state index contributed by atoms with van der Waals surface area (Å²) >= 11 is 0. The van der Waals surface area contributed by atoms with E-state index in [2.05, 4.69) is 167 Å². The monoisotopic (exact) mass is 558 g/mol. The predicted octanol–water partition coefficient (Wildman–Crippen LogP) is 11.3. The Balaban J connectivity index is 1.27. The third-order valence-corrected chi connectivity index (χ3v) is 9.45. The topological polar surface area (TPSA) is 9.86 Å². The molecule has 10 aromatic rings. The van der Waals surface area contributed by atoms with Crippen molar-refractivity contribution in [1.82, 2.24) is 9.13 Å². The fourth-order valence-electron chi connectivity index (χ4n) is 7.52. The predicted molar refractivity (Wildman–Crippen MR) is 188 cm³/mol. The molecule has 0 aliphatic heterocycles. The zero-order valence-corrected chi connectivity index (χ0v) is 23.9. The molecule has 204 valence electrons. The number of rotatable bonds is 2. The lowest BCUT2D eigenvalue weighted by atomic mass is 9.97. The molecule has 8 aromatic carbocycles. The van der Waals surface area contributed by atoms with E-state index < -0.39 is 0 Å². The fraction of sp³-hybridized carbons (Fsp3) is 0. The van der Waals surface area contributed by atoms with Crippen LogP contribution in [0, 0.1) is 0 Å². The molecule has 0 saturated heterocycles. The Morgan fingerprint density at radius 2 is 0.727 bits per heavy atom. The van der Waals surface area contributed by atoms with Crippen LogP contribution in [0.4, 0.5) is 0 Å². The van der Waals surface area contributed by atoms with Crippen molar-refractivity contribution >= 4 is 75.9 Å². The van der Waals surface area contributed by atoms with E-state index in [1.807, 2.05) is 0 Å². The summed E-state index contributed by atoms with van der Waals surface area (Å²) in [6.45, 7) is 0. The van der Waals surface area contributed by atoms with Crippen molar-refractivity contribution < 1.29 is 0 Å². The summed E-state index contributed by atoms with van der Waals surface area (Å²) in [5.41, 5.74) is 7.22. The van der Waals surface area contributed by atoms with Crippen LogP contribution in [-0.4, -0.2) is 9.13 Å². The van der Waals surface area contributed by atoms with E-state index in [9.17, 15) is 0 Å². The molecule has 0 bridgehead atoms. The molecule has 2 heterocycles. The maximum Gasteiger partial charge on any atom is 0.0547 e. The molecule has 0 atom stereocenters. The highest BCUT2D eigenvalue weighted by molar-refractivity contribution is 6.29. The van der Waals surface area contributed by atoms with Gasteiger partial charge in [0.15, 0.2) is 0 Å². The Kier molecular flexibility index (Phi) is 4.75. The van der Waals surface area contributed by atoms with Gasteiger partial charge in [-0.1, -0.05) is 97.1 Å². The average molecular weight is 559 g/mol. The zero-order valence-electron chi connectivity index (χ0n) is 23.9. The van der Waals surface area contributed by atoms with Gasteiger partial charge >= 0.3 is 0 Å². The molecule has 10 rings (SSSR count). The first-order valence-corrected chi connectivity index (χ1v) is 15.2. The molecule has 0 N–H and O–H groups in total. The summed E-state index contributed by atoms with van der Waals surface area (Å²) in [6.07, 6.45) is 0. The highest BCUT2D eigenvalue weighted by Crippen LogP contribution is 2.41. The SMILES string of the molecule is c1ccc2cc3c(ccc4c3c3c5ccccc5ccc3n4-c3ccc(-n4c5ccccc5c5ccccc54)cc3)cc2c1. The third-order valence-electron chi connectivity index (χ3n) is 9.45. The summed E-state index contributed by atoms with van der Waals surface area (Å²) in [5.74, 6) is 0. The van der Waals surface area contributed by atoms with Crippen LogP contribution >= 0.6 is 0 Å². The normalized spacial score (nSPS) is 12.1. The molecule has 2 nitrogen and oxygen atoms in total. The lowest BCUT2D eigenvalue weighted by molar-refractivity contribution is 1.15. The first-order chi connectivity index (χ1) is 21.8. The second-order valence-corrected chi connectivity index (χ2v) is 11.8. The summed E-state index contributed by atoms with van der Waals surface area (Å²) in [7, 11) is 0. The van der Waals surface area contributed by atoms with E-state index in [4.69, 9.17) is 0 Å². The van der Waals surface area contributed by atoms with Crippen LogP contribution in [0.15, 0.2) is 158 Å². The molecular formula is C42H26N2. The van der Waals surface area contributed by atoms with E-state index >= 15 is 0 Å². The van der Waals surface area contributed by atoms with Crippen LogP contribution in [0.25, 0.3) is 87.3 Å². The van der Waals surface area contributed by atoms with Crippen LogP contribution in [0.5, 0.6) is 0 Å². The second-order valence-electron chi connectivity index (χ2n) is 11.8. The third kappa shape index (κ3) is 3.20. The number of fused-ring (bicyclic) bond motifs is 11. The Morgan fingerprint density at radius 1 is 0.273 bits per heavy atom. The molecule has 0 unspecified atom stereocenters. The number of nitrogens with zero attached hydrogens (tertiary/aromatic N) is 2. The molecule has 0 fully saturated rings. The number of benzene rings is 8. The maximum absolute atomic E-state index is 2.45. The van der Waals surface area contributed by atoms with Crippen molar-refractivity contribution in [3.8, 4) is 11.4 Å². The van der Waals surface area contributed by atoms with Gasteiger partial charge in [0.05, 0.1) is 22.1 Å². The fourth-order valence-corrected chi connectivity index (χ4v) is 7.52. The van der Waals surface area contributed by atoms with Gasteiger partial charge in [0, 0.05) is 32.9 Å². The number of hydrogen-bond donors (Lipinski definition) is 0.